The number of halogens is 2. The number of esters is 1. The zero-order chi connectivity index (χ0) is 25.6. The molecule has 0 amide bonds. The van der Waals surface area contributed by atoms with Crippen molar-refractivity contribution in [3.8, 4) is 0 Å². The number of nitrogens with one attached hydrogen (secondary N) is 1. The van der Waals surface area contributed by atoms with E-state index in [0.29, 0.717) is 23.6 Å². The molecule has 0 saturated carbocycles. The minimum absolute atomic E-state index is 0. The molecule has 9 heteroatoms. The quantitative estimate of drug-likeness (QED) is 0.327. The molecule has 0 saturated heterocycles. The van der Waals surface area contributed by atoms with E-state index in [4.69, 9.17) is 16.3 Å². The van der Waals surface area contributed by atoms with Crippen molar-refractivity contribution in [3.05, 3.63) is 94.5 Å². The molecule has 3 aromatic rings. The van der Waals surface area contributed by atoms with Gasteiger partial charge in [0.1, 0.15) is 0 Å². The van der Waals surface area contributed by atoms with Crippen molar-refractivity contribution in [1.82, 2.24) is 5.32 Å². The molecule has 6 nitrogen and oxygen atoms in total. The fourth-order valence-corrected chi connectivity index (χ4v) is 5.14. The van der Waals surface area contributed by atoms with Gasteiger partial charge >= 0.3 is 5.97 Å². The minimum atomic E-state index is -3.72. The van der Waals surface area contributed by atoms with E-state index in [-0.39, 0.29) is 34.3 Å². The van der Waals surface area contributed by atoms with E-state index in [1.807, 2.05) is 19.9 Å². The summed E-state index contributed by atoms with van der Waals surface area (Å²) in [7, 11) is -3.72. The van der Waals surface area contributed by atoms with Gasteiger partial charge in [-0.15, -0.1) is 12.4 Å². The molecule has 0 heterocycles. The number of carbonyl (C=O) groups is 1. The van der Waals surface area contributed by atoms with Crippen LogP contribution in [0.25, 0.3) is 0 Å². The van der Waals surface area contributed by atoms with E-state index >= 15 is 0 Å². The molecule has 3 aromatic carbocycles. The summed E-state index contributed by atoms with van der Waals surface area (Å²) < 4.78 is 31.0. The van der Waals surface area contributed by atoms with Crippen LogP contribution in [0.4, 0.5) is 0 Å². The largest absolute Gasteiger partial charge is 0.462 e. The Balaban J connectivity index is 0.00000456. The van der Waals surface area contributed by atoms with Crippen LogP contribution in [0.2, 0.25) is 5.02 Å². The van der Waals surface area contributed by atoms with Gasteiger partial charge in [0.05, 0.1) is 28.1 Å². The van der Waals surface area contributed by atoms with Gasteiger partial charge in [-0.2, -0.15) is 0 Å². The number of sulfone groups is 1. The number of β-amino-alcohol motifs (C(OH)–C–C–N with tert-alkyl or cyclic N) is 1. The maximum Gasteiger partial charge on any atom is 0.338 e. The lowest BCUT2D eigenvalue weighted by Gasteiger charge is -2.28. The lowest BCUT2D eigenvalue weighted by Crippen LogP contribution is -2.43. The van der Waals surface area contributed by atoms with Gasteiger partial charge in [-0.05, 0) is 86.8 Å². The van der Waals surface area contributed by atoms with Gasteiger partial charge in [-0.1, -0.05) is 35.9 Å². The summed E-state index contributed by atoms with van der Waals surface area (Å²) in [6.45, 7) is 6.35. The normalized spacial score (nSPS) is 12.5. The second kappa shape index (κ2) is 12.7. The fourth-order valence-electron chi connectivity index (χ4n) is 3.68. The second-order valence-corrected chi connectivity index (χ2v) is 11.3. The maximum atomic E-state index is 13.0. The van der Waals surface area contributed by atoms with Crippen molar-refractivity contribution < 1.29 is 23.1 Å². The van der Waals surface area contributed by atoms with Crippen molar-refractivity contribution in [2.75, 3.05) is 13.2 Å². The van der Waals surface area contributed by atoms with Crippen LogP contribution in [-0.4, -0.2) is 38.2 Å². The molecule has 0 spiro atoms. The summed E-state index contributed by atoms with van der Waals surface area (Å²) in [5.41, 5.74) is 1.65. The number of hydrogen-bond donors (Lipinski definition) is 2. The summed E-state index contributed by atoms with van der Waals surface area (Å²) in [5, 5.41) is 14.4. The average Bonchev–Trinajstić information content (AvgIpc) is 2.83. The van der Waals surface area contributed by atoms with Crippen LogP contribution in [0.3, 0.4) is 0 Å². The van der Waals surface area contributed by atoms with Crippen molar-refractivity contribution in [2.24, 2.45) is 0 Å². The molecule has 0 aliphatic rings. The predicted molar refractivity (Wildman–Crippen MR) is 144 cm³/mol. The first-order chi connectivity index (χ1) is 16.5. The summed E-state index contributed by atoms with van der Waals surface area (Å²) in [5.74, 6) is -0.489. The number of benzene rings is 3. The van der Waals surface area contributed by atoms with E-state index in [1.165, 1.54) is 24.3 Å². The molecule has 3 rings (SSSR count). The Morgan fingerprint density at radius 1 is 1.03 bits per heavy atom. The van der Waals surface area contributed by atoms with Crippen molar-refractivity contribution in [3.63, 3.8) is 0 Å². The number of carbonyl (C=O) groups excluding carboxylic acids is 1. The van der Waals surface area contributed by atoms with E-state index in [9.17, 15) is 18.3 Å². The van der Waals surface area contributed by atoms with Crippen molar-refractivity contribution in [2.45, 2.75) is 48.6 Å². The third-order valence-electron chi connectivity index (χ3n) is 5.56. The van der Waals surface area contributed by atoms with E-state index in [0.717, 1.165) is 11.1 Å². The highest BCUT2D eigenvalue weighted by atomic mass is 35.5. The van der Waals surface area contributed by atoms with Crippen LogP contribution >= 0.6 is 24.0 Å². The number of aliphatic hydroxyl groups is 1. The number of ether oxygens (including phenoxy) is 1. The monoisotopic (exact) mass is 551 g/mol. The van der Waals surface area contributed by atoms with Gasteiger partial charge in [0, 0.05) is 17.1 Å². The van der Waals surface area contributed by atoms with Crippen molar-refractivity contribution in [1.29, 1.82) is 0 Å². The zero-order valence-corrected chi connectivity index (χ0v) is 22.8. The molecule has 0 radical (unpaired) electrons. The molecule has 0 aliphatic heterocycles. The molecular weight excluding hydrogens is 521 g/mol. The van der Waals surface area contributed by atoms with Gasteiger partial charge in [-0.25, -0.2) is 13.2 Å². The van der Waals surface area contributed by atoms with Crippen LogP contribution in [0.5, 0.6) is 0 Å². The van der Waals surface area contributed by atoms with Gasteiger partial charge in [0.2, 0.25) is 9.84 Å². The molecule has 0 unspecified atom stereocenters. The molecular formula is C27H31Cl2NO5S. The first-order valence-electron chi connectivity index (χ1n) is 11.3. The predicted octanol–water partition coefficient (Wildman–Crippen LogP) is 5.42. The van der Waals surface area contributed by atoms with E-state index in [1.54, 1.807) is 49.4 Å². The third kappa shape index (κ3) is 7.79. The van der Waals surface area contributed by atoms with Gasteiger partial charge in [0.15, 0.2) is 0 Å². The van der Waals surface area contributed by atoms with Gasteiger partial charge in [0.25, 0.3) is 0 Å². The number of aliphatic hydroxyl groups excluding tert-OH is 1. The molecule has 1 atom stereocenters. The zero-order valence-electron chi connectivity index (χ0n) is 20.4. The highest BCUT2D eigenvalue weighted by molar-refractivity contribution is 7.91. The van der Waals surface area contributed by atoms with Crippen LogP contribution in [0.1, 0.15) is 48.4 Å². The Morgan fingerprint density at radius 2 is 1.61 bits per heavy atom. The van der Waals surface area contributed by atoms with Gasteiger partial charge < -0.3 is 15.2 Å². The van der Waals surface area contributed by atoms with Crippen LogP contribution in [0, 0.1) is 0 Å². The summed E-state index contributed by atoms with van der Waals surface area (Å²) in [4.78, 5) is 12.1. The highest BCUT2D eigenvalue weighted by Gasteiger charge is 2.22. The van der Waals surface area contributed by atoms with Gasteiger partial charge in [-0.3, -0.25) is 0 Å². The molecule has 194 valence electrons. The second-order valence-electron chi connectivity index (χ2n) is 8.90. The first-order valence-corrected chi connectivity index (χ1v) is 13.2. The molecule has 0 aliphatic carbocycles. The van der Waals surface area contributed by atoms with E-state index in [2.05, 4.69) is 5.32 Å². The SMILES string of the molecule is CCOC(=O)c1ccc(S(=O)(=O)c2ccc(CC(C)(C)NC[C@H](O)c3cccc(Cl)c3)cc2)cc1.Cl. The Morgan fingerprint density at radius 3 is 2.17 bits per heavy atom. The van der Waals surface area contributed by atoms with Crippen LogP contribution in [0.15, 0.2) is 82.6 Å². The lowest BCUT2D eigenvalue weighted by molar-refractivity contribution is 0.0526. The lowest BCUT2D eigenvalue weighted by atomic mass is 9.94. The van der Waals surface area contributed by atoms with Crippen molar-refractivity contribution >= 4 is 39.8 Å². The van der Waals surface area contributed by atoms with Crippen LogP contribution < -0.4 is 5.32 Å². The molecule has 2 N–H and O–H groups in total. The molecule has 0 aromatic heterocycles. The average molecular weight is 553 g/mol. The standard InChI is InChI=1S/C27H30ClNO5S.ClH/c1-4-34-26(31)20-10-14-24(15-11-20)35(32,33)23-12-8-19(9-13-23)17-27(2,3)29-18-25(30)21-6-5-7-22(28)16-21;/h5-16,25,29-30H,4,17-18H2,1-3H3;1H/t25-;/m0./s1. The topological polar surface area (TPSA) is 92.7 Å². The van der Waals surface area contributed by atoms with E-state index < -0.39 is 21.9 Å². The molecule has 0 fully saturated rings. The Labute approximate surface area is 224 Å². The minimum Gasteiger partial charge on any atom is -0.462 e. The summed E-state index contributed by atoms with van der Waals surface area (Å²) in [6, 6.07) is 19.6. The number of hydrogen-bond acceptors (Lipinski definition) is 6. The molecule has 36 heavy (non-hydrogen) atoms. The molecule has 0 bridgehead atoms. The third-order valence-corrected chi connectivity index (χ3v) is 7.58. The Hall–Kier alpha value is -2.42. The Kier molecular flexibility index (Phi) is 10.5. The summed E-state index contributed by atoms with van der Waals surface area (Å²) >= 11 is 6.01. The number of rotatable bonds is 10. The fraction of sp³-hybridized carbons (Fsp3) is 0.296. The maximum absolute atomic E-state index is 13.0. The first kappa shape index (κ1) is 29.8. The van der Waals surface area contributed by atoms with Crippen LogP contribution in [-0.2, 0) is 21.0 Å². The Bertz CT molecular complexity index is 1260. The smallest absolute Gasteiger partial charge is 0.338 e. The summed E-state index contributed by atoms with van der Waals surface area (Å²) in [6.07, 6.45) is -0.0696. The highest BCUT2D eigenvalue weighted by Crippen LogP contribution is 2.24.